The minimum Gasteiger partial charge on any atom is -0.481 e. The molecule has 2 heterocycles. The molecule has 0 aromatic rings. The molecule has 2 amide bonds. The molecule has 1 unspecified atom stereocenters. The van der Waals surface area contributed by atoms with Gasteiger partial charge >= 0.3 is 12.0 Å². The maximum Gasteiger partial charge on any atom is 0.320 e. The summed E-state index contributed by atoms with van der Waals surface area (Å²) < 4.78 is 10.9. The van der Waals surface area contributed by atoms with Crippen LogP contribution in [0.25, 0.3) is 0 Å². The van der Waals surface area contributed by atoms with Crippen LogP contribution in [0.2, 0.25) is 0 Å². The van der Waals surface area contributed by atoms with Crippen molar-refractivity contribution in [2.45, 2.75) is 50.8 Å². The van der Waals surface area contributed by atoms with Crippen molar-refractivity contribution in [2.75, 3.05) is 33.4 Å². The Morgan fingerprint density at radius 3 is 2.55 bits per heavy atom. The third-order valence-corrected chi connectivity index (χ3v) is 4.46. The van der Waals surface area contributed by atoms with Crippen molar-refractivity contribution in [3.63, 3.8) is 0 Å². The first-order valence-corrected chi connectivity index (χ1v) is 7.77. The predicted octanol–water partition coefficient (Wildman–Crippen LogP) is 1.17. The fourth-order valence-electron chi connectivity index (χ4n) is 2.98. The molecule has 0 aromatic carbocycles. The fraction of sp³-hybridized carbons (Fsp3) is 0.867. The molecule has 2 aliphatic rings. The zero-order valence-electron chi connectivity index (χ0n) is 13.6. The lowest BCUT2D eigenvalue weighted by molar-refractivity contribution is -0.145. The summed E-state index contributed by atoms with van der Waals surface area (Å²) in [7, 11) is 1.82. The number of urea groups is 1. The highest BCUT2D eigenvalue weighted by Crippen LogP contribution is 2.26. The second-order valence-electron chi connectivity index (χ2n) is 6.69. The van der Waals surface area contributed by atoms with Crippen LogP contribution in [-0.2, 0) is 14.3 Å². The van der Waals surface area contributed by atoms with E-state index in [0.717, 1.165) is 12.8 Å². The zero-order chi connectivity index (χ0) is 16.3. The Balaban J connectivity index is 2.04. The van der Waals surface area contributed by atoms with Crippen LogP contribution < -0.4 is 0 Å². The van der Waals surface area contributed by atoms with Crippen molar-refractivity contribution in [1.82, 2.24) is 9.80 Å². The van der Waals surface area contributed by atoms with Crippen LogP contribution in [0.5, 0.6) is 0 Å². The highest BCUT2D eigenvalue weighted by Gasteiger charge is 2.41. The van der Waals surface area contributed by atoms with Gasteiger partial charge in [-0.3, -0.25) is 4.79 Å². The number of carboxylic acid groups (broad SMARTS) is 1. The number of hydrogen-bond acceptors (Lipinski definition) is 4. The molecule has 2 fully saturated rings. The number of hydrogen-bond donors (Lipinski definition) is 1. The number of ether oxygens (including phenoxy) is 2. The molecule has 0 spiro atoms. The molecule has 22 heavy (non-hydrogen) atoms. The quantitative estimate of drug-likeness (QED) is 0.846. The van der Waals surface area contributed by atoms with Crippen molar-refractivity contribution >= 4 is 12.0 Å². The number of carboxylic acids is 1. The van der Waals surface area contributed by atoms with Crippen molar-refractivity contribution in [3.05, 3.63) is 0 Å². The van der Waals surface area contributed by atoms with Gasteiger partial charge < -0.3 is 24.4 Å². The van der Waals surface area contributed by atoms with E-state index in [1.165, 1.54) is 0 Å². The van der Waals surface area contributed by atoms with E-state index in [-0.39, 0.29) is 18.5 Å². The Labute approximate surface area is 131 Å². The number of rotatable bonds is 3. The Kier molecular flexibility index (Phi) is 5.28. The lowest BCUT2D eigenvalue weighted by Crippen LogP contribution is -2.62. The molecule has 0 bridgehead atoms. The van der Waals surface area contributed by atoms with Crippen LogP contribution in [0.3, 0.4) is 0 Å². The van der Waals surface area contributed by atoms with E-state index in [1.54, 1.807) is 9.80 Å². The number of nitrogens with zero attached hydrogens (tertiary/aromatic N) is 2. The molecule has 126 valence electrons. The molecule has 7 nitrogen and oxygen atoms in total. The summed E-state index contributed by atoms with van der Waals surface area (Å²) in [6, 6.07) is 0.119. The summed E-state index contributed by atoms with van der Waals surface area (Å²) in [5.41, 5.74) is -0.439. The standard InChI is InChI=1S/C15H26N2O5/c1-15(2)10-22-12(8-13(18)19)9-17(15)14(20)16(3)11-4-6-21-7-5-11/h11-12H,4-10H2,1-3H3,(H,18,19). The Hall–Kier alpha value is -1.34. The van der Waals surface area contributed by atoms with Gasteiger partial charge in [-0.1, -0.05) is 0 Å². The number of aliphatic carboxylic acids is 1. The maximum absolute atomic E-state index is 12.9. The molecule has 0 radical (unpaired) electrons. The monoisotopic (exact) mass is 314 g/mol. The maximum atomic E-state index is 12.9. The number of carbonyl (C=O) groups excluding carboxylic acids is 1. The van der Waals surface area contributed by atoms with E-state index in [9.17, 15) is 9.59 Å². The van der Waals surface area contributed by atoms with Crippen LogP contribution in [0, 0.1) is 0 Å². The van der Waals surface area contributed by atoms with Gasteiger partial charge in [0.15, 0.2) is 0 Å². The molecule has 2 rings (SSSR count). The molecular formula is C15H26N2O5. The molecule has 7 heteroatoms. The average molecular weight is 314 g/mol. The number of carbonyl (C=O) groups is 2. The highest BCUT2D eigenvalue weighted by molar-refractivity contribution is 5.76. The highest BCUT2D eigenvalue weighted by atomic mass is 16.5. The molecule has 2 aliphatic heterocycles. The SMILES string of the molecule is CN(C(=O)N1CC(CC(=O)O)OCC1(C)C)C1CCOCC1. The van der Waals surface area contributed by atoms with Gasteiger partial charge in [0, 0.05) is 32.8 Å². The van der Waals surface area contributed by atoms with E-state index in [2.05, 4.69) is 0 Å². The van der Waals surface area contributed by atoms with Gasteiger partial charge in [0.25, 0.3) is 0 Å². The summed E-state index contributed by atoms with van der Waals surface area (Å²) in [5.74, 6) is -0.908. The minimum atomic E-state index is -0.908. The first-order chi connectivity index (χ1) is 10.3. The first-order valence-electron chi connectivity index (χ1n) is 7.77. The van der Waals surface area contributed by atoms with Gasteiger partial charge in [-0.05, 0) is 26.7 Å². The molecule has 2 saturated heterocycles. The topological polar surface area (TPSA) is 79.3 Å². The van der Waals surface area contributed by atoms with Gasteiger partial charge in [-0.2, -0.15) is 0 Å². The van der Waals surface area contributed by atoms with Gasteiger partial charge in [0.2, 0.25) is 0 Å². The average Bonchev–Trinajstić information content (AvgIpc) is 2.48. The van der Waals surface area contributed by atoms with Crippen molar-refractivity contribution in [3.8, 4) is 0 Å². The lowest BCUT2D eigenvalue weighted by atomic mass is 10.00. The number of morpholine rings is 1. The largest absolute Gasteiger partial charge is 0.481 e. The summed E-state index contributed by atoms with van der Waals surface area (Å²) in [6.45, 7) is 5.90. The van der Waals surface area contributed by atoms with Crippen LogP contribution in [0.4, 0.5) is 4.79 Å². The Bertz CT molecular complexity index is 420. The minimum absolute atomic E-state index is 0.0596. The number of amides is 2. The molecule has 1 N–H and O–H groups in total. The predicted molar refractivity (Wildman–Crippen MR) is 79.8 cm³/mol. The third kappa shape index (κ3) is 3.89. The molecular weight excluding hydrogens is 288 g/mol. The van der Waals surface area contributed by atoms with Crippen molar-refractivity contribution in [2.24, 2.45) is 0 Å². The molecule has 0 aliphatic carbocycles. The van der Waals surface area contributed by atoms with Crippen molar-refractivity contribution < 1.29 is 24.2 Å². The zero-order valence-corrected chi connectivity index (χ0v) is 13.6. The second kappa shape index (κ2) is 6.83. The summed E-state index contributed by atoms with van der Waals surface area (Å²) in [5, 5.41) is 8.93. The summed E-state index contributed by atoms with van der Waals surface area (Å²) >= 11 is 0. The van der Waals surface area contributed by atoms with Gasteiger partial charge in [-0.25, -0.2) is 4.79 Å². The summed E-state index contributed by atoms with van der Waals surface area (Å²) in [4.78, 5) is 27.3. The Morgan fingerprint density at radius 2 is 1.95 bits per heavy atom. The lowest BCUT2D eigenvalue weighted by Gasteiger charge is -2.47. The van der Waals surface area contributed by atoms with E-state index >= 15 is 0 Å². The molecule has 1 atom stereocenters. The van der Waals surface area contributed by atoms with Crippen LogP contribution in [0.1, 0.15) is 33.1 Å². The van der Waals surface area contributed by atoms with Crippen LogP contribution >= 0.6 is 0 Å². The summed E-state index contributed by atoms with van der Waals surface area (Å²) in [6.07, 6.45) is 1.15. The van der Waals surface area contributed by atoms with E-state index in [4.69, 9.17) is 14.6 Å². The second-order valence-corrected chi connectivity index (χ2v) is 6.69. The van der Waals surface area contributed by atoms with Crippen LogP contribution in [-0.4, -0.2) is 78.0 Å². The Morgan fingerprint density at radius 1 is 1.32 bits per heavy atom. The van der Waals surface area contributed by atoms with E-state index < -0.39 is 17.6 Å². The van der Waals surface area contributed by atoms with Crippen LogP contribution in [0.15, 0.2) is 0 Å². The normalized spacial score (nSPS) is 25.8. The van der Waals surface area contributed by atoms with E-state index in [1.807, 2.05) is 20.9 Å². The fourth-order valence-corrected chi connectivity index (χ4v) is 2.98. The van der Waals surface area contributed by atoms with Crippen molar-refractivity contribution in [1.29, 1.82) is 0 Å². The van der Waals surface area contributed by atoms with Gasteiger partial charge in [-0.15, -0.1) is 0 Å². The van der Waals surface area contributed by atoms with Gasteiger partial charge in [0.05, 0.1) is 24.7 Å². The third-order valence-electron chi connectivity index (χ3n) is 4.46. The first kappa shape index (κ1) is 17.0. The van der Waals surface area contributed by atoms with E-state index in [0.29, 0.717) is 26.4 Å². The molecule has 0 aromatic heterocycles. The van der Waals surface area contributed by atoms with Gasteiger partial charge in [0.1, 0.15) is 0 Å². The smallest absolute Gasteiger partial charge is 0.320 e. The molecule has 0 saturated carbocycles.